The third kappa shape index (κ3) is 2.58. The topological polar surface area (TPSA) is 122 Å². The number of piperidine rings is 1. The summed E-state index contributed by atoms with van der Waals surface area (Å²) in [5.74, 6) is 0.136. The molecule has 0 radical (unpaired) electrons. The van der Waals surface area contributed by atoms with Crippen LogP contribution in [0.2, 0.25) is 0 Å². The van der Waals surface area contributed by atoms with Gasteiger partial charge in [0.05, 0.1) is 0 Å². The summed E-state index contributed by atoms with van der Waals surface area (Å²) in [6.07, 6.45) is 0.999. The van der Waals surface area contributed by atoms with Gasteiger partial charge in [0.2, 0.25) is 0 Å². The summed E-state index contributed by atoms with van der Waals surface area (Å²) in [6.45, 7) is 2.43. The molecule has 1 saturated heterocycles. The Kier molecular flexibility index (Phi) is 3.22. The lowest BCUT2D eigenvalue weighted by Gasteiger charge is -2.36. The minimum absolute atomic E-state index is 0.136. The van der Waals surface area contributed by atoms with Crippen molar-refractivity contribution in [3.05, 3.63) is 0 Å². The number of oxime groups is 1. The third-order valence-corrected chi connectivity index (χ3v) is 4.00. The van der Waals surface area contributed by atoms with Gasteiger partial charge in [-0.2, -0.15) is 12.7 Å². The Morgan fingerprint density at radius 2 is 1.93 bits per heavy atom. The molecule has 1 aliphatic rings. The second-order valence-electron chi connectivity index (χ2n) is 3.99. The quantitative estimate of drug-likeness (QED) is 0.247. The normalized spacial score (nSPS) is 24.0. The number of rotatable bonds is 2. The summed E-state index contributed by atoms with van der Waals surface area (Å²) in [4.78, 5) is 0. The van der Waals surface area contributed by atoms with Crippen LogP contribution in [-0.2, 0) is 10.2 Å². The van der Waals surface area contributed by atoms with Gasteiger partial charge in [-0.3, -0.25) is 0 Å². The van der Waals surface area contributed by atoms with E-state index in [1.165, 1.54) is 4.31 Å². The molecule has 5 N–H and O–H groups in total. The van der Waals surface area contributed by atoms with E-state index in [0.29, 0.717) is 25.9 Å². The van der Waals surface area contributed by atoms with Crippen LogP contribution in [0.3, 0.4) is 0 Å². The molecule has 0 unspecified atom stereocenters. The van der Waals surface area contributed by atoms with Crippen LogP contribution in [-0.4, -0.2) is 36.9 Å². The molecule has 0 spiro atoms. The maximum atomic E-state index is 11.0. The van der Waals surface area contributed by atoms with E-state index in [0.717, 1.165) is 0 Å². The lowest BCUT2D eigenvalue weighted by molar-refractivity contribution is 0.230. The van der Waals surface area contributed by atoms with Gasteiger partial charge in [0, 0.05) is 18.5 Å². The Bertz CT molecular complexity index is 356. The molecule has 1 heterocycles. The van der Waals surface area contributed by atoms with Crippen LogP contribution in [0.4, 0.5) is 0 Å². The highest BCUT2D eigenvalue weighted by Gasteiger charge is 2.36. The average Bonchev–Trinajstić information content (AvgIpc) is 2.15. The second kappa shape index (κ2) is 3.95. The van der Waals surface area contributed by atoms with Crippen LogP contribution >= 0.6 is 0 Å². The van der Waals surface area contributed by atoms with Gasteiger partial charge in [0.25, 0.3) is 10.2 Å². The highest BCUT2D eigenvalue weighted by atomic mass is 32.2. The molecule has 7 nitrogen and oxygen atoms in total. The molecule has 1 aliphatic heterocycles. The first kappa shape index (κ1) is 12.2. The molecular weight excluding hydrogens is 220 g/mol. The Morgan fingerprint density at radius 3 is 2.27 bits per heavy atom. The van der Waals surface area contributed by atoms with Crippen LogP contribution in [0.5, 0.6) is 0 Å². The third-order valence-electron chi connectivity index (χ3n) is 2.91. The van der Waals surface area contributed by atoms with Gasteiger partial charge in [-0.05, 0) is 12.8 Å². The molecule has 0 atom stereocenters. The van der Waals surface area contributed by atoms with Gasteiger partial charge in [0.1, 0.15) is 5.84 Å². The Morgan fingerprint density at radius 1 is 1.47 bits per heavy atom. The summed E-state index contributed by atoms with van der Waals surface area (Å²) in [7, 11) is -3.62. The van der Waals surface area contributed by atoms with E-state index < -0.39 is 15.6 Å². The molecule has 1 fully saturated rings. The molecule has 0 aromatic carbocycles. The van der Waals surface area contributed by atoms with E-state index in [9.17, 15) is 8.42 Å². The predicted octanol–water partition coefficient (Wildman–Crippen LogP) is -0.962. The fraction of sp³-hybridized carbons (Fsp3) is 0.857. The van der Waals surface area contributed by atoms with Crippen molar-refractivity contribution in [1.82, 2.24) is 4.31 Å². The second-order valence-corrected chi connectivity index (χ2v) is 5.54. The minimum Gasteiger partial charge on any atom is -0.409 e. The van der Waals surface area contributed by atoms with Crippen molar-refractivity contribution in [2.24, 2.45) is 21.4 Å². The van der Waals surface area contributed by atoms with Gasteiger partial charge in [-0.15, -0.1) is 0 Å². The van der Waals surface area contributed by atoms with Crippen molar-refractivity contribution in [2.45, 2.75) is 19.8 Å². The van der Waals surface area contributed by atoms with Crippen molar-refractivity contribution < 1.29 is 13.6 Å². The first-order valence-corrected chi connectivity index (χ1v) is 6.06. The van der Waals surface area contributed by atoms with Crippen molar-refractivity contribution in [3.63, 3.8) is 0 Å². The molecule has 0 aliphatic carbocycles. The first-order valence-electron chi connectivity index (χ1n) is 4.55. The summed E-state index contributed by atoms with van der Waals surface area (Å²) >= 11 is 0. The van der Waals surface area contributed by atoms with Gasteiger partial charge >= 0.3 is 0 Å². The minimum atomic E-state index is -3.62. The van der Waals surface area contributed by atoms with E-state index in [1.807, 2.05) is 6.92 Å². The van der Waals surface area contributed by atoms with E-state index in [-0.39, 0.29) is 5.84 Å². The number of nitrogens with two attached hydrogens (primary N) is 2. The molecule has 8 heteroatoms. The summed E-state index contributed by atoms with van der Waals surface area (Å²) in [5, 5.41) is 16.5. The van der Waals surface area contributed by atoms with Gasteiger partial charge in [-0.25, -0.2) is 5.14 Å². The Balaban J connectivity index is 2.72. The first-order chi connectivity index (χ1) is 6.79. The number of amidine groups is 1. The van der Waals surface area contributed by atoms with Crippen molar-refractivity contribution in [1.29, 1.82) is 0 Å². The summed E-state index contributed by atoms with van der Waals surface area (Å²) in [5.41, 5.74) is 5.09. The summed E-state index contributed by atoms with van der Waals surface area (Å²) in [6, 6.07) is 0. The zero-order valence-electron chi connectivity index (χ0n) is 8.55. The van der Waals surface area contributed by atoms with Crippen LogP contribution in [0.15, 0.2) is 5.16 Å². The van der Waals surface area contributed by atoms with E-state index in [4.69, 9.17) is 16.1 Å². The van der Waals surface area contributed by atoms with Gasteiger partial charge in [-0.1, -0.05) is 12.1 Å². The largest absolute Gasteiger partial charge is 0.409 e. The lowest BCUT2D eigenvalue weighted by atomic mass is 9.80. The molecular formula is C7H16N4O3S. The molecule has 0 amide bonds. The molecule has 0 bridgehead atoms. The van der Waals surface area contributed by atoms with Crippen LogP contribution in [0, 0.1) is 5.41 Å². The zero-order valence-corrected chi connectivity index (χ0v) is 9.37. The SMILES string of the molecule is CC1(C(N)=NO)CCN(S(N)(=O)=O)CC1. The van der Waals surface area contributed by atoms with Crippen LogP contribution in [0.25, 0.3) is 0 Å². The Labute approximate surface area is 88.9 Å². The summed E-state index contributed by atoms with van der Waals surface area (Å²) < 4.78 is 23.3. The fourth-order valence-corrected chi connectivity index (χ4v) is 2.30. The number of nitrogens with zero attached hydrogens (tertiary/aromatic N) is 2. The molecule has 15 heavy (non-hydrogen) atoms. The molecule has 0 aromatic rings. The van der Waals surface area contributed by atoms with E-state index in [1.54, 1.807) is 0 Å². The van der Waals surface area contributed by atoms with Crippen molar-refractivity contribution >= 4 is 16.0 Å². The lowest BCUT2D eigenvalue weighted by Crippen LogP contribution is -2.49. The number of hydrogen-bond donors (Lipinski definition) is 3. The monoisotopic (exact) mass is 236 g/mol. The molecule has 0 aromatic heterocycles. The maximum Gasteiger partial charge on any atom is 0.276 e. The van der Waals surface area contributed by atoms with Crippen molar-refractivity contribution in [2.75, 3.05) is 13.1 Å². The molecule has 88 valence electrons. The van der Waals surface area contributed by atoms with Gasteiger partial charge in [0.15, 0.2) is 0 Å². The van der Waals surface area contributed by atoms with Crippen molar-refractivity contribution in [3.8, 4) is 0 Å². The highest BCUT2D eigenvalue weighted by molar-refractivity contribution is 7.86. The maximum absolute atomic E-state index is 11.0. The van der Waals surface area contributed by atoms with Crippen LogP contribution < -0.4 is 10.9 Å². The average molecular weight is 236 g/mol. The van der Waals surface area contributed by atoms with E-state index in [2.05, 4.69) is 5.16 Å². The Hall–Kier alpha value is -0.860. The van der Waals surface area contributed by atoms with Gasteiger partial charge < -0.3 is 10.9 Å². The number of hydrogen-bond acceptors (Lipinski definition) is 4. The predicted molar refractivity (Wildman–Crippen MR) is 55.4 cm³/mol. The van der Waals surface area contributed by atoms with Crippen LogP contribution in [0.1, 0.15) is 19.8 Å². The zero-order chi connectivity index (χ0) is 11.7. The van der Waals surface area contributed by atoms with E-state index >= 15 is 0 Å². The highest BCUT2D eigenvalue weighted by Crippen LogP contribution is 2.31. The molecule has 1 rings (SSSR count). The fourth-order valence-electron chi connectivity index (χ4n) is 1.61. The smallest absolute Gasteiger partial charge is 0.276 e. The standard InChI is InChI=1S/C7H16N4O3S/c1-7(6(8)10-12)2-4-11(5-3-7)15(9,13)14/h12H,2-5H2,1H3,(H2,8,10)(H2,9,13,14). The molecule has 0 saturated carbocycles.